The summed E-state index contributed by atoms with van der Waals surface area (Å²) in [6, 6.07) is 4.42. The molecule has 3 atom stereocenters. The van der Waals surface area contributed by atoms with Gasteiger partial charge in [0.1, 0.15) is 5.75 Å². The molecule has 5 nitrogen and oxygen atoms in total. The number of hydrogen-bond donors (Lipinski definition) is 1. The molecule has 1 aliphatic heterocycles. The molecule has 7 heteroatoms. The first-order chi connectivity index (χ1) is 9.51. The van der Waals surface area contributed by atoms with Gasteiger partial charge < -0.3 is 9.47 Å². The second-order valence-corrected chi connectivity index (χ2v) is 7.24. The van der Waals surface area contributed by atoms with Crippen molar-refractivity contribution in [2.75, 3.05) is 13.7 Å². The van der Waals surface area contributed by atoms with E-state index in [9.17, 15) is 8.42 Å². The Labute approximate surface area is 123 Å². The first-order valence-electron chi connectivity index (χ1n) is 6.49. The second kappa shape index (κ2) is 5.18. The molecule has 0 spiro atoms. The van der Waals surface area contributed by atoms with Crippen LogP contribution in [0.4, 0.5) is 0 Å². The lowest BCUT2D eigenvalue weighted by molar-refractivity contribution is 0.0143. The summed E-state index contributed by atoms with van der Waals surface area (Å²) in [4.78, 5) is 0.158. The highest BCUT2D eigenvalue weighted by Gasteiger charge is 2.46. The monoisotopic (exact) mass is 317 g/mol. The molecule has 1 N–H and O–H groups in total. The van der Waals surface area contributed by atoms with Crippen molar-refractivity contribution in [2.45, 2.75) is 29.9 Å². The highest BCUT2D eigenvalue weighted by Crippen LogP contribution is 2.39. The Hall–Kier alpha value is -0.820. The van der Waals surface area contributed by atoms with E-state index in [1.165, 1.54) is 19.2 Å². The van der Waals surface area contributed by atoms with Gasteiger partial charge in [-0.3, -0.25) is 0 Å². The van der Waals surface area contributed by atoms with Gasteiger partial charge in [0, 0.05) is 18.6 Å². The van der Waals surface area contributed by atoms with Crippen LogP contribution in [-0.2, 0) is 14.8 Å². The number of halogens is 1. The highest BCUT2D eigenvalue weighted by molar-refractivity contribution is 7.89. The van der Waals surface area contributed by atoms with Gasteiger partial charge in [0.2, 0.25) is 10.0 Å². The summed E-state index contributed by atoms with van der Waals surface area (Å²) in [5.41, 5.74) is 0. The summed E-state index contributed by atoms with van der Waals surface area (Å²) >= 11 is 5.97. The molecule has 110 valence electrons. The first-order valence-corrected chi connectivity index (χ1v) is 8.35. The topological polar surface area (TPSA) is 64.6 Å². The Morgan fingerprint density at radius 1 is 1.45 bits per heavy atom. The van der Waals surface area contributed by atoms with Crippen LogP contribution in [0.1, 0.15) is 12.8 Å². The van der Waals surface area contributed by atoms with Crippen molar-refractivity contribution in [1.29, 1.82) is 0 Å². The summed E-state index contributed by atoms with van der Waals surface area (Å²) in [5.74, 6) is 0.761. The normalized spacial score (nSPS) is 28.8. The van der Waals surface area contributed by atoms with E-state index in [0.717, 1.165) is 19.4 Å². The Bertz CT molecular complexity index is 619. The molecule has 1 saturated heterocycles. The predicted octanol–water partition coefficient (Wildman–Crippen LogP) is 1.80. The van der Waals surface area contributed by atoms with E-state index in [1.807, 2.05) is 0 Å². The molecular formula is C13H16ClNO4S. The van der Waals surface area contributed by atoms with Crippen molar-refractivity contribution in [1.82, 2.24) is 4.72 Å². The molecule has 0 amide bonds. The van der Waals surface area contributed by atoms with E-state index in [0.29, 0.717) is 11.7 Å². The molecule has 0 unspecified atom stereocenters. The predicted molar refractivity (Wildman–Crippen MR) is 74.6 cm³/mol. The third kappa shape index (κ3) is 2.41. The van der Waals surface area contributed by atoms with Crippen molar-refractivity contribution >= 4 is 21.6 Å². The van der Waals surface area contributed by atoms with Crippen molar-refractivity contribution in [2.24, 2.45) is 5.92 Å². The average molecular weight is 318 g/mol. The fourth-order valence-corrected chi connectivity index (χ4v) is 4.46. The molecule has 1 aromatic rings. The summed E-state index contributed by atoms with van der Waals surface area (Å²) < 4.78 is 37.9. The lowest BCUT2D eigenvalue weighted by Crippen LogP contribution is -2.53. The number of nitrogens with one attached hydrogen (secondary N) is 1. The van der Waals surface area contributed by atoms with Crippen LogP contribution in [0.5, 0.6) is 5.75 Å². The number of hydrogen-bond acceptors (Lipinski definition) is 4. The third-order valence-corrected chi connectivity index (χ3v) is 5.79. The number of sulfonamides is 1. The van der Waals surface area contributed by atoms with Crippen LogP contribution < -0.4 is 9.46 Å². The van der Waals surface area contributed by atoms with Gasteiger partial charge in [0.05, 0.1) is 23.1 Å². The van der Waals surface area contributed by atoms with E-state index in [2.05, 4.69) is 4.72 Å². The van der Waals surface area contributed by atoms with Gasteiger partial charge in [-0.15, -0.1) is 0 Å². The zero-order valence-corrected chi connectivity index (χ0v) is 12.6. The Morgan fingerprint density at radius 2 is 2.25 bits per heavy atom. The van der Waals surface area contributed by atoms with Gasteiger partial charge in [-0.1, -0.05) is 11.6 Å². The van der Waals surface area contributed by atoms with Gasteiger partial charge in [-0.25, -0.2) is 13.1 Å². The van der Waals surface area contributed by atoms with E-state index in [4.69, 9.17) is 21.1 Å². The maximum Gasteiger partial charge on any atom is 0.240 e. The largest absolute Gasteiger partial charge is 0.495 e. The molecule has 1 aromatic carbocycles. The van der Waals surface area contributed by atoms with E-state index < -0.39 is 10.0 Å². The molecule has 3 rings (SSSR count). The maximum absolute atomic E-state index is 12.3. The molecule has 20 heavy (non-hydrogen) atoms. The second-order valence-electron chi connectivity index (χ2n) is 5.12. The molecule has 1 heterocycles. The van der Waals surface area contributed by atoms with Crippen LogP contribution in [0.3, 0.4) is 0 Å². The molecule has 0 aromatic heterocycles. The number of rotatable bonds is 4. The molecule has 2 aliphatic rings. The van der Waals surface area contributed by atoms with E-state index in [1.54, 1.807) is 6.07 Å². The number of methoxy groups -OCH3 is 1. The molecule has 0 radical (unpaired) electrons. The highest BCUT2D eigenvalue weighted by atomic mass is 35.5. The van der Waals surface area contributed by atoms with Crippen molar-refractivity contribution in [3.63, 3.8) is 0 Å². The van der Waals surface area contributed by atoms with E-state index >= 15 is 0 Å². The van der Waals surface area contributed by atoms with Crippen LogP contribution in [0.2, 0.25) is 5.02 Å². The average Bonchev–Trinajstić information content (AvgIpc) is 2.77. The minimum atomic E-state index is -3.55. The summed E-state index contributed by atoms with van der Waals surface area (Å²) in [7, 11) is -2.06. The fraction of sp³-hybridized carbons (Fsp3) is 0.538. The molecule has 0 bridgehead atoms. The summed E-state index contributed by atoms with van der Waals surface area (Å²) in [6.07, 6.45) is 1.89. The lowest BCUT2D eigenvalue weighted by atomic mass is 9.77. The minimum absolute atomic E-state index is 0.0339. The molecular weight excluding hydrogens is 302 g/mol. The smallest absolute Gasteiger partial charge is 0.240 e. The van der Waals surface area contributed by atoms with Crippen molar-refractivity contribution in [3.8, 4) is 5.75 Å². The number of fused-ring (bicyclic) bond motifs is 1. The maximum atomic E-state index is 12.3. The van der Waals surface area contributed by atoms with Gasteiger partial charge in [-0.05, 0) is 31.0 Å². The molecule has 1 saturated carbocycles. The van der Waals surface area contributed by atoms with Crippen molar-refractivity contribution < 1.29 is 17.9 Å². The Kier molecular flexibility index (Phi) is 3.66. The van der Waals surface area contributed by atoms with Crippen LogP contribution in [0, 0.1) is 5.92 Å². The quantitative estimate of drug-likeness (QED) is 0.919. The minimum Gasteiger partial charge on any atom is -0.495 e. The standard InChI is InChI=1S/C13H16ClNO4S/c1-18-12-3-2-8(6-10(12)14)20(16,17)15-11-7-13-9(11)4-5-19-13/h2-3,6,9,11,13,15H,4-5,7H2,1H3/t9-,11-,13+/m1/s1. The summed E-state index contributed by atoms with van der Waals surface area (Å²) in [5, 5.41) is 0.283. The zero-order valence-electron chi connectivity index (χ0n) is 11.0. The number of ether oxygens (including phenoxy) is 2. The van der Waals surface area contributed by atoms with Gasteiger partial charge in [0.15, 0.2) is 0 Å². The fourth-order valence-electron chi connectivity index (χ4n) is 2.81. The molecule has 2 fully saturated rings. The SMILES string of the molecule is COc1ccc(S(=O)(=O)N[C@@H]2C[C@@H]3OCC[C@@H]32)cc1Cl. The zero-order chi connectivity index (χ0) is 14.3. The van der Waals surface area contributed by atoms with Crippen molar-refractivity contribution in [3.05, 3.63) is 23.2 Å². The van der Waals surface area contributed by atoms with Gasteiger partial charge >= 0.3 is 0 Å². The van der Waals surface area contributed by atoms with Crippen LogP contribution in [0.15, 0.2) is 23.1 Å². The van der Waals surface area contributed by atoms with Gasteiger partial charge in [-0.2, -0.15) is 0 Å². The Morgan fingerprint density at radius 3 is 2.90 bits per heavy atom. The molecule has 1 aliphatic carbocycles. The van der Waals surface area contributed by atoms with E-state index in [-0.39, 0.29) is 22.1 Å². The van der Waals surface area contributed by atoms with Crippen LogP contribution in [0.25, 0.3) is 0 Å². The third-order valence-electron chi connectivity index (χ3n) is 4.00. The summed E-state index contributed by atoms with van der Waals surface area (Å²) in [6.45, 7) is 0.724. The van der Waals surface area contributed by atoms with Crippen LogP contribution in [-0.4, -0.2) is 34.3 Å². The number of benzene rings is 1. The lowest BCUT2D eigenvalue weighted by Gasteiger charge is -2.39. The Balaban J connectivity index is 1.76. The first kappa shape index (κ1) is 14.1. The van der Waals surface area contributed by atoms with Crippen LogP contribution >= 0.6 is 11.6 Å². The van der Waals surface area contributed by atoms with Gasteiger partial charge in [0.25, 0.3) is 0 Å².